The number of benzene rings is 1. The first-order valence-electron chi connectivity index (χ1n) is 5.56. The number of hydrogen-bond donors (Lipinski definition) is 0. The van der Waals surface area contributed by atoms with E-state index in [2.05, 4.69) is 22.0 Å². The van der Waals surface area contributed by atoms with Gasteiger partial charge in [-0.05, 0) is 37.1 Å². The Morgan fingerprint density at radius 3 is 2.38 bits per heavy atom. The molecule has 0 saturated heterocycles. The molecule has 0 aliphatic carbocycles. The minimum Gasteiger partial charge on any atom is -0.494 e. The van der Waals surface area contributed by atoms with Gasteiger partial charge in [-0.15, -0.1) is 0 Å². The van der Waals surface area contributed by atoms with Crippen molar-refractivity contribution < 1.29 is 4.74 Å². The minimum atomic E-state index is 0.671. The normalized spacial score (nSPS) is 9.75. The van der Waals surface area contributed by atoms with E-state index in [1.807, 2.05) is 12.1 Å². The first-order valence-corrected chi connectivity index (χ1v) is 6.68. The third kappa shape index (κ3) is 5.18. The predicted molar refractivity (Wildman–Crippen MR) is 68.9 cm³/mol. The lowest BCUT2D eigenvalue weighted by molar-refractivity contribution is 0.305. The van der Waals surface area contributed by atoms with Crippen LogP contribution in [0, 0.1) is 11.3 Å². The molecular formula is C13H16BrNO. The fraction of sp³-hybridized carbons (Fsp3) is 0.462. The van der Waals surface area contributed by atoms with Gasteiger partial charge in [-0.3, -0.25) is 0 Å². The van der Waals surface area contributed by atoms with E-state index in [0.717, 1.165) is 24.1 Å². The van der Waals surface area contributed by atoms with Gasteiger partial charge in [0.1, 0.15) is 5.75 Å². The molecule has 0 amide bonds. The fourth-order valence-corrected chi connectivity index (χ4v) is 1.76. The molecular weight excluding hydrogens is 266 g/mol. The van der Waals surface area contributed by atoms with Gasteiger partial charge in [-0.2, -0.15) is 5.26 Å². The highest BCUT2D eigenvalue weighted by atomic mass is 79.9. The molecule has 0 radical (unpaired) electrons. The van der Waals surface area contributed by atoms with Crippen molar-refractivity contribution >= 4 is 15.9 Å². The standard InChI is InChI=1S/C13H16BrNO/c14-9-3-1-2-4-10-16-13-7-5-12(11-15)6-8-13/h5-8H,1-4,9-10H2. The second kappa shape index (κ2) is 8.18. The maximum absolute atomic E-state index is 8.63. The van der Waals surface area contributed by atoms with Crippen molar-refractivity contribution in [3.8, 4) is 11.8 Å². The average Bonchev–Trinajstić information content (AvgIpc) is 2.34. The van der Waals surface area contributed by atoms with Crippen molar-refractivity contribution in [2.45, 2.75) is 25.7 Å². The number of nitriles is 1. The van der Waals surface area contributed by atoms with Gasteiger partial charge < -0.3 is 4.74 Å². The van der Waals surface area contributed by atoms with Gasteiger partial charge in [0.05, 0.1) is 18.2 Å². The van der Waals surface area contributed by atoms with Gasteiger partial charge in [-0.25, -0.2) is 0 Å². The van der Waals surface area contributed by atoms with Crippen LogP contribution in [0.1, 0.15) is 31.2 Å². The smallest absolute Gasteiger partial charge is 0.119 e. The van der Waals surface area contributed by atoms with Crippen molar-refractivity contribution in [2.24, 2.45) is 0 Å². The van der Waals surface area contributed by atoms with E-state index in [1.165, 1.54) is 19.3 Å². The summed E-state index contributed by atoms with van der Waals surface area (Å²) in [6.45, 7) is 0.758. The highest BCUT2D eigenvalue weighted by Gasteiger charge is 1.94. The molecule has 86 valence electrons. The zero-order valence-electron chi connectivity index (χ0n) is 9.29. The quantitative estimate of drug-likeness (QED) is 0.561. The van der Waals surface area contributed by atoms with Crippen LogP contribution in [0.25, 0.3) is 0 Å². The number of alkyl halides is 1. The molecule has 0 saturated carbocycles. The SMILES string of the molecule is N#Cc1ccc(OCCCCCCBr)cc1. The first-order chi connectivity index (χ1) is 7.86. The summed E-state index contributed by atoms with van der Waals surface area (Å²) in [5.74, 6) is 0.847. The Morgan fingerprint density at radius 1 is 1.06 bits per heavy atom. The summed E-state index contributed by atoms with van der Waals surface area (Å²) in [6.07, 6.45) is 4.79. The Hall–Kier alpha value is -1.01. The molecule has 0 heterocycles. The predicted octanol–water partition coefficient (Wildman–Crippen LogP) is 3.89. The molecule has 0 bridgehead atoms. The molecule has 0 unspecified atom stereocenters. The van der Waals surface area contributed by atoms with Crippen molar-refractivity contribution in [1.82, 2.24) is 0 Å². The Morgan fingerprint density at radius 2 is 1.75 bits per heavy atom. The van der Waals surface area contributed by atoms with E-state index in [0.29, 0.717) is 5.56 Å². The molecule has 3 heteroatoms. The molecule has 0 spiro atoms. The largest absolute Gasteiger partial charge is 0.494 e. The van der Waals surface area contributed by atoms with E-state index in [4.69, 9.17) is 10.00 Å². The van der Waals surface area contributed by atoms with Gasteiger partial charge in [0.15, 0.2) is 0 Å². The second-order valence-electron chi connectivity index (χ2n) is 3.59. The summed E-state index contributed by atoms with van der Waals surface area (Å²) < 4.78 is 5.56. The minimum absolute atomic E-state index is 0.671. The molecule has 16 heavy (non-hydrogen) atoms. The van der Waals surface area contributed by atoms with Crippen molar-refractivity contribution in [3.05, 3.63) is 29.8 Å². The van der Waals surface area contributed by atoms with Gasteiger partial charge >= 0.3 is 0 Å². The van der Waals surface area contributed by atoms with Crippen LogP contribution in [0.3, 0.4) is 0 Å². The lowest BCUT2D eigenvalue weighted by Crippen LogP contribution is -1.97. The topological polar surface area (TPSA) is 33.0 Å². The number of nitrogens with zero attached hydrogens (tertiary/aromatic N) is 1. The van der Waals surface area contributed by atoms with Crippen LogP contribution in [0.2, 0.25) is 0 Å². The molecule has 0 atom stereocenters. The van der Waals surface area contributed by atoms with Gasteiger partial charge in [0.25, 0.3) is 0 Å². The Bertz CT molecular complexity index is 329. The van der Waals surface area contributed by atoms with Crippen LogP contribution >= 0.6 is 15.9 Å². The second-order valence-corrected chi connectivity index (χ2v) is 4.38. The van der Waals surface area contributed by atoms with Crippen molar-refractivity contribution in [3.63, 3.8) is 0 Å². The number of halogens is 1. The van der Waals surface area contributed by atoms with E-state index in [-0.39, 0.29) is 0 Å². The fourth-order valence-electron chi connectivity index (χ4n) is 1.37. The van der Waals surface area contributed by atoms with E-state index in [9.17, 15) is 0 Å². The molecule has 2 nitrogen and oxygen atoms in total. The zero-order valence-corrected chi connectivity index (χ0v) is 10.9. The van der Waals surface area contributed by atoms with E-state index < -0.39 is 0 Å². The number of ether oxygens (including phenoxy) is 1. The van der Waals surface area contributed by atoms with Crippen LogP contribution in [0.4, 0.5) is 0 Å². The maximum Gasteiger partial charge on any atom is 0.119 e. The summed E-state index contributed by atoms with van der Waals surface area (Å²) in [6, 6.07) is 9.33. The summed E-state index contributed by atoms with van der Waals surface area (Å²) in [5, 5.41) is 9.72. The molecule has 0 aliphatic heterocycles. The van der Waals surface area contributed by atoms with E-state index >= 15 is 0 Å². The van der Waals surface area contributed by atoms with E-state index in [1.54, 1.807) is 12.1 Å². The highest BCUT2D eigenvalue weighted by molar-refractivity contribution is 9.09. The first kappa shape index (κ1) is 13.1. The highest BCUT2D eigenvalue weighted by Crippen LogP contribution is 2.12. The third-order valence-electron chi connectivity index (χ3n) is 2.28. The summed E-state index contributed by atoms with van der Waals surface area (Å²) in [7, 11) is 0. The lowest BCUT2D eigenvalue weighted by atomic mass is 10.2. The van der Waals surface area contributed by atoms with Gasteiger partial charge in [0, 0.05) is 5.33 Å². The number of rotatable bonds is 7. The number of unbranched alkanes of at least 4 members (excludes halogenated alkanes) is 3. The van der Waals surface area contributed by atoms with Gasteiger partial charge in [0.2, 0.25) is 0 Å². The molecule has 0 aromatic heterocycles. The van der Waals surface area contributed by atoms with Crippen LogP contribution in [0.15, 0.2) is 24.3 Å². The van der Waals surface area contributed by atoms with Crippen LogP contribution in [-0.4, -0.2) is 11.9 Å². The Kier molecular flexibility index (Phi) is 6.67. The summed E-state index contributed by atoms with van der Waals surface area (Å²) in [4.78, 5) is 0. The van der Waals surface area contributed by atoms with Crippen LogP contribution in [0.5, 0.6) is 5.75 Å². The van der Waals surface area contributed by atoms with Crippen LogP contribution < -0.4 is 4.74 Å². The van der Waals surface area contributed by atoms with Crippen LogP contribution in [-0.2, 0) is 0 Å². The number of hydrogen-bond acceptors (Lipinski definition) is 2. The Balaban J connectivity index is 2.15. The molecule has 0 N–H and O–H groups in total. The monoisotopic (exact) mass is 281 g/mol. The molecule has 1 aromatic carbocycles. The Labute approximate surface area is 105 Å². The average molecular weight is 282 g/mol. The molecule has 1 rings (SSSR count). The third-order valence-corrected chi connectivity index (χ3v) is 2.84. The lowest BCUT2D eigenvalue weighted by Gasteiger charge is -2.05. The molecule has 0 fully saturated rings. The van der Waals surface area contributed by atoms with Crippen molar-refractivity contribution in [1.29, 1.82) is 5.26 Å². The molecule has 0 aliphatic rings. The summed E-state index contributed by atoms with van der Waals surface area (Å²) in [5.41, 5.74) is 0.671. The summed E-state index contributed by atoms with van der Waals surface area (Å²) >= 11 is 3.41. The maximum atomic E-state index is 8.63. The molecule has 1 aromatic rings. The zero-order chi connectivity index (χ0) is 11.6. The van der Waals surface area contributed by atoms with Crippen molar-refractivity contribution in [2.75, 3.05) is 11.9 Å². The van der Waals surface area contributed by atoms with Gasteiger partial charge in [-0.1, -0.05) is 28.8 Å².